The highest BCUT2D eigenvalue weighted by atomic mass is 19.3. The highest BCUT2D eigenvalue weighted by Crippen LogP contribution is 2.37. The van der Waals surface area contributed by atoms with Crippen molar-refractivity contribution in [2.24, 2.45) is 0 Å². The summed E-state index contributed by atoms with van der Waals surface area (Å²) in [6, 6.07) is 4.73. The molecule has 0 aliphatic heterocycles. The molecular weight excluding hydrogens is 214 g/mol. The van der Waals surface area contributed by atoms with Crippen LogP contribution < -0.4 is 4.74 Å². The van der Waals surface area contributed by atoms with Gasteiger partial charge in [0.15, 0.2) is 0 Å². The number of rotatable bonds is 4. The van der Waals surface area contributed by atoms with Crippen molar-refractivity contribution < 1.29 is 18.6 Å². The van der Waals surface area contributed by atoms with Gasteiger partial charge in [0.2, 0.25) is 0 Å². The van der Waals surface area contributed by atoms with Gasteiger partial charge in [-0.1, -0.05) is 12.1 Å². The Balaban J connectivity index is 3.26. The number of aliphatic hydroxyl groups is 1. The lowest BCUT2D eigenvalue weighted by atomic mass is 9.97. The predicted octanol–water partition coefficient (Wildman–Crippen LogP) is 2.73. The second-order valence-corrected chi connectivity index (χ2v) is 3.94. The van der Waals surface area contributed by atoms with E-state index in [-0.39, 0.29) is 17.7 Å². The van der Waals surface area contributed by atoms with Gasteiger partial charge in [0, 0.05) is 6.92 Å². The Bertz CT molecular complexity index is 357. The summed E-state index contributed by atoms with van der Waals surface area (Å²) in [5.74, 6) is -2.82. The predicted molar refractivity (Wildman–Crippen MR) is 57.9 cm³/mol. The summed E-state index contributed by atoms with van der Waals surface area (Å²) in [4.78, 5) is 0. The lowest BCUT2D eigenvalue weighted by molar-refractivity contribution is 0.0137. The smallest absolute Gasteiger partial charge is 0.274 e. The van der Waals surface area contributed by atoms with Gasteiger partial charge in [0.25, 0.3) is 5.92 Å². The molecule has 0 aliphatic carbocycles. The number of hydrogen-bond donors (Lipinski definition) is 1. The molecule has 0 saturated carbocycles. The summed E-state index contributed by atoms with van der Waals surface area (Å²) in [7, 11) is 1.36. The second-order valence-electron chi connectivity index (χ2n) is 3.94. The fourth-order valence-corrected chi connectivity index (χ4v) is 1.73. The minimum absolute atomic E-state index is 0.140. The lowest BCUT2D eigenvalue weighted by Gasteiger charge is -2.19. The molecule has 1 unspecified atom stereocenters. The number of ether oxygens (including phenoxy) is 1. The molecule has 0 amide bonds. The van der Waals surface area contributed by atoms with Gasteiger partial charge >= 0.3 is 0 Å². The van der Waals surface area contributed by atoms with Crippen molar-refractivity contribution in [2.45, 2.75) is 32.3 Å². The Kier molecular flexibility index (Phi) is 3.86. The van der Waals surface area contributed by atoms with Crippen LogP contribution in [0.3, 0.4) is 0 Å². The molecule has 0 spiro atoms. The van der Waals surface area contributed by atoms with Gasteiger partial charge < -0.3 is 9.84 Å². The SMILES string of the molecule is COc1cccc(CC(C)O)c1C(C)(F)F. The van der Waals surface area contributed by atoms with E-state index >= 15 is 0 Å². The van der Waals surface area contributed by atoms with Crippen LogP contribution in [-0.4, -0.2) is 18.3 Å². The first kappa shape index (κ1) is 12.9. The maximum absolute atomic E-state index is 13.5. The summed E-state index contributed by atoms with van der Waals surface area (Å²) in [6.45, 7) is 2.40. The summed E-state index contributed by atoms with van der Waals surface area (Å²) in [5, 5.41) is 9.27. The molecule has 0 radical (unpaired) electrons. The third-order valence-electron chi connectivity index (χ3n) is 2.29. The topological polar surface area (TPSA) is 29.5 Å². The quantitative estimate of drug-likeness (QED) is 0.861. The first-order chi connectivity index (χ1) is 7.36. The first-order valence-electron chi connectivity index (χ1n) is 5.08. The van der Waals surface area contributed by atoms with Crippen molar-refractivity contribution in [3.63, 3.8) is 0 Å². The summed E-state index contributed by atoms with van der Waals surface area (Å²) in [5.41, 5.74) is 0.278. The van der Waals surface area contributed by atoms with Crippen molar-refractivity contribution in [3.05, 3.63) is 29.3 Å². The molecule has 1 atom stereocenters. The molecule has 0 aliphatic rings. The van der Waals surface area contributed by atoms with Gasteiger partial charge in [0.05, 0.1) is 18.8 Å². The van der Waals surface area contributed by atoms with Crippen LogP contribution in [0.15, 0.2) is 18.2 Å². The van der Waals surface area contributed by atoms with Gasteiger partial charge in [-0.2, -0.15) is 0 Å². The van der Waals surface area contributed by atoms with Crippen molar-refractivity contribution in [1.82, 2.24) is 0 Å². The zero-order valence-electron chi connectivity index (χ0n) is 9.63. The summed E-state index contributed by atoms with van der Waals surface area (Å²) in [6.07, 6.45) is -0.469. The van der Waals surface area contributed by atoms with Crippen molar-refractivity contribution in [1.29, 1.82) is 0 Å². The number of aliphatic hydroxyl groups excluding tert-OH is 1. The van der Waals surface area contributed by atoms with Crippen molar-refractivity contribution in [3.8, 4) is 5.75 Å². The average molecular weight is 230 g/mol. The van der Waals surface area contributed by atoms with E-state index in [9.17, 15) is 13.9 Å². The Morgan fingerprint density at radius 1 is 1.44 bits per heavy atom. The van der Waals surface area contributed by atoms with E-state index < -0.39 is 12.0 Å². The Labute approximate surface area is 93.9 Å². The monoisotopic (exact) mass is 230 g/mol. The second kappa shape index (κ2) is 4.78. The zero-order chi connectivity index (χ0) is 12.3. The van der Waals surface area contributed by atoms with Gasteiger partial charge in [-0.05, 0) is 25.0 Å². The summed E-state index contributed by atoms with van der Waals surface area (Å²) >= 11 is 0. The molecule has 2 nitrogen and oxygen atoms in total. The molecule has 16 heavy (non-hydrogen) atoms. The van der Waals surface area contributed by atoms with E-state index in [1.807, 2.05) is 0 Å². The minimum atomic E-state index is -2.98. The van der Waals surface area contributed by atoms with E-state index in [0.717, 1.165) is 6.92 Å². The lowest BCUT2D eigenvalue weighted by Crippen LogP contribution is -2.16. The van der Waals surface area contributed by atoms with Crippen LogP contribution in [0.25, 0.3) is 0 Å². The van der Waals surface area contributed by atoms with Crippen molar-refractivity contribution >= 4 is 0 Å². The van der Waals surface area contributed by atoms with E-state index in [1.165, 1.54) is 13.2 Å². The largest absolute Gasteiger partial charge is 0.496 e. The van der Waals surface area contributed by atoms with Crippen LogP contribution in [0.1, 0.15) is 25.0 Å². The van der Waals surface area contributed by atoms with E-state index in [4.69, 9.17) is 4.74 Å². The fourth-order valence-electron chi connectivity index (χ4n) is 1.73. The highest BCUT2D eigenvalue weighted by Gasteiger charge is 2.31. The van der Waals surface area contributed by atoms with Crippen LogP contribution >= 0.6 is 0 Å². The molecule has 1 aromatic carbocycles. The van der Waals surface area contributed by atoms with Crippen molar-refractivity contribution in [2.75, 3.05) is 7.11 Å². The highest BCUT2D eigenvalue weighted by molar-refractivity contribution is 5.43. The maximum Gasteiger partial charge on any atom is 0.274 e. The summed E-state index contributed by atoms with van der Waals surface area (Å²) < 4.78 is 31.8. The standard InChI is InChI=1S/C12H16F2O2/c1-8(15)7-9-5-4-6-10(16-3)11(9)12(2,13)14/h4-6,8,15H,7H2,1-3H3. The molecule has 0 fully saturated rings. The van der Waals surface area contributed by atoms with Gasteiger partial charge in [0.1, 0.15) is 5.75 Å². The molecule has 0 heterocycles. The minimum Gasteiger partial charge on any atom is -0.496 e. The molecule has 0 bridgehead atoms. The number of benzene rings is 1. The molecule has 1 aromatic rings. The van der Waals surface area contributed by atoms with E-state index in [2.05, 4.69) is 0 Å². The van der Waals surface area contributed by atoms with Crippen LogP contribution in [-0.2, 0) is 12.3 Å². The van der Waals surface area contributed by atoms with Gasteiger partial charge in [-0.15, -0.1) is 0 Å². The number of hydrogen-bond acceptors (Lipinski definition) is 2. The molecule has 0 aromatic heterocycles. The third-order valence-corrected chi connectivity index (χ3v) is 2.29. The molecule has 4 heteroatoms. The molecule has 90 valence electrons. The number of halogens is 2. The Morgan fingerprint density at radius 2 is 2.06 bits per heavy atom. The molecule has 0 saturated heterocycles. The van der Waals surface area contributed by atoms with Crippen LogP contribution in [0, 0.1) is 0 Å². The van der Waals surface area contributed by atoms with E-state index in [0.29, 0.717) is 5.56 Å². The fraction of sp³-hybridized carbons (Fsp3) is 0.500. The first-order valence-corrected chi connectivity index (χ1v) is 5.08. The third kappa shape index (κ3) is 2.92. The average Bonchev–Trinajstić information content (AvgIpc) is 2.14. The normalized spacial score (nSPS) is 13.6. The molecule has 1 rings (SSSR count). The molecular formula is C12H16F2O2. The zero-order valence-corrected chi connectivity index (χ0v) is 9.63. The van der Waals surface area contributed by atoms with Gasteiger partial charge in [-0.3, -0.25) is 0 Å². The van der Waals surface area contributed by atoms with Gasteiger partial charge in [-0.25, -0.2) is 8.78 Å². The Hall–Kier alpha value is -1.16. The maximum atomic E-state index is 13.5. The van der Waals surface area contributed by atoms with Crippen LogP contribution in [0.5, 0.6) is 5.75 Å². The Morgan fingerprint density at radius 3 is 2.50 bits per heavy atom. The number of alkyl halides is 2. The van der Waals surface area contributed by atoms with E-state index in [1.54, 1.807) is 19.1 Å². The molecule has 1 N–H and O–H groups in total. The van der Waals surface area contributed by atoms with Crippen LogP contribution in [0.4, 0.5) is 8.78 Å². The number of methoxy groups -OCH3 is 1. The van der Waals surface area contributed by atoms with Crippen LogP contribution in [0.2, 0.25) is 0 Å².